The summed E-state index contributed by atoms with van der Waals surface area (Å²) in [5.41, 5.74) is 6.51. The highest BCUT2D eigenvalue weighted by Crippen LogP contribution is 2.33. The van der Waals surface area contributed by atoms with Crippen LogP contribution in [0.3, 0.4) is 0 Å². The summed E-state index contributed by atoms with van der Waals surface area (Å²) in [6, 6.07) is 5.96. The number of para-hydroxylation sites is 1. The molecule has 1 aliphatic rings. The lowest BCUT2D eigenvalue weighted by atomic mass is 10.1. The first kappa shape index (κ1) is 14.9. The summed E-state index contributed by atoms with van der Waals surface area (Å²) >= 11 is 0. The topological polar surface area (TPSA) is 47.7 Å². The Hall–Kier alpha value is -1.52. The Morgan fingerprint density at radius 3 is 3.00 bits per heavy atom. The molecule has 1 atom stereocenters. The zero-order valence-corrected chi connectivity index (χ0v) is 12.3. The average molecular weight is 276 g/mol. The van der Waals surface area contributed by atoms with Crippen molar-refractivity contribution in [3.8, 4) is 11.5 Å². The Balaban J connectivity index is 2.16. The molecule has 0 spiro atoms. The molecule has 110 valence electrons. The Morgan fingerprint density at radius 2 is 2.30 bits per heavy atom. The molecule has 0 aromatic heterocycles. The minimum Gasteiger partial charge on any atom is -0.492 e. The second kappa shape index (κ2) is 7.31. The molecule has 1 aromatic carbocycles. The Labute approximate surface area is 121 Å². The molecule has 2 rings (SSSR count). The van der Waals surface area contributed by atoms with Crippen molar-refractivity contribution < 1.29 is 9.47 Å². The summed E-state index contributed by atoms with van der Waals surface area (Å²) in [5.74, 6) is 1.59. The van der Waals surface area contributed by atoms with Crippen LogP contribution in [-0.2, 0) is 0 Å². The van der Waals surface area contributed by atoms with E-state index in [2.05, 4.69) is 11.9 Å². The van der Waals surface area contributed by atoms with Gasteiger partial charge in [-0.1, -0.05) is 24.3 Å². The molecule has 0 bridgehead atoms. The van der Waals surface area contributed by atoms with Crippen LogP contribution in [0.15, 0.2) is 24.3 Å². The predicted octanol–water partition coefficient (Wildman–Crippen LogP) is 2.14. The smallest absolute Gasteiger partial charge is 0.167 e. The average Bonchev–Trinajstić information content (AvgIpc) is 2.45. The second-order valence-corrected chi connectivity index (χ2v) is 5.16. The summed E-state index contributed by atoms with van der Waals surface area (Å²) in [4.78, 5) is 2.30. The van der Waals surface area contributed by atoms with Crippen LogP contribution >= 0.6 is 0 Å². The van der Waals surface area contributed by atoms with Gasteiger partial charge in [-0.25, -0.2) is 0 Å². The molecule has 4 heteroatoms. The largest absolute Gasteiger partial charge is 0.492 e. The van der Waals surface area contributed by atoms with Crippen molar-refractivity contribution in [2.24, 2.45) is 5.73 Å². The molecule has 1 fully saturated rings. The fourth-order valence-corrected chi connectivity index (χ4v) is 2.57. The minimum absolute atomic E-state index is 0.233. The van der Waals surface area contributed by atoms with E-state index in [4.69, 9.17) is 15.2 Å². The van der Waals surface area contributed by atoms with E-state index < -0.39 is 0 Å². The highest BCUT2D eigenvalue weighted by molar-refractivity contribution is 5.62. The Bertz CT molecular complexity index is 460. The predicted molar refractivity (Wildman–Crippen MR) is 82.2 cm³/mol. The summed E-state index contributed by atoms with van der Waals surface area (Å²) in [5, 5.41) is 0. The first-order valence-electron chi connectivity index (χ1n) is 7.13. The van der Waals surface area contributed by atoms with Crippen LogP contribution in [0.4, 0.5) is 0 Å². The van der Waals surface area contributed by atoms with Gasteiger partial charge in [0.1, 0.15) is 6.10 Å². The SMILES string of the molecule is COc1c(/C=C/CN)cccc1OC1CCCN(C)C1. The van der Waals surface area contributed by atoms with Crippen molar-refractivity contribution in [1.29, 1.82) is 0 Å². The van der Waals surface area contributed by atoms with Gasteiger partial charge in [0.05, 0.1) is 7.11 Å². The van der Waals surface area contributed by atoms with Crippen LogP contribution in [0.2, 0.25) is 0 Å². The maximum absolute atomic E-state index is 6.14. The van der Waals surface area contributed by atoms with Gasteiger partial charge in [-0.3, -0.25) is 0 Å². The van der Waals surface area contributed by atoms with Gasteiger partial charge in [-0.15, -0.1) is 0 Å². The van der Waals surface area contributed by atoms with E-state index in [9.17, 15) is 0 Å². The maximum atomic E-state index is 6.14. The summed E-state index contributed by atoms with van der Waals surface area (Å²) in [6.07, 6.45) is 6.39. The molecule has 2 N–H and O–H groups in total. The lowest BCUT2D eigenvalue weighted by molar-refractivity contribution is 0.101. The summed E-state index contributed by atoms with van der Waals surface area (Å²) < 4.78 is 11.6. The normalized spacial score (nSPS) is 20.2. The molecule has 1 saturated heterocycles. The first-order chi connectivity index (χ1) is 9.74. The number of likely N-dealkylation sites (N-methyl/N-ethyl adjacent to an activating group) is 1. The van der Waals surface area contributed by atoms with Gasteiger partial charge in [0.15, 0.2) is 11.5 Å². The molecule has 1 unspecified atom stereocenters. The number of ether oxygens (including phenoxy) is 2. The quantitative estimate of drug-likeness (QED) is 0.895. The third-order valence-electron chi connectivity index (χ3n) is 3.52. The molecule has 0 radical (unpaired) electrons. The molecule has 1 heterocycles. The number of methoxy groups -OCH3 is 1. The fraction of sp³-hybridized carbons (Fsp3) is 0.500. The number of likely N-dealkylation sites (tertiary alicyclic amines) is 1. The summed E-state index contributed by atoms with van der Waals surface area (Å²) in [6.45, 7) is 2.63. The van der Waals surface area contributed by atoms with Crippen LogP contribution in [0.5, 0.6) is 11.5 Å². The standard InChI is InChI=1S/C16H24N2O2/c1-18-11-5-8-14(12-18)20-15-9-3-6-13(7-4-10-17)16(15)19-2/h3-4,6-7,9,14H,5,8,10-12,17H2,1-2H3/b7-4+. The lowest BCUT2D eigenvalue weighted by Gasteiger charge is -2.30. The van der Waals surface area contributed by atoms with Crippen LogP contribution in [0.1, 0.15) is 18.4 Å². The minimum atomic E-state index is 0.233. The van der Waals surface area contributed by atoms with Crippen molar-refractivity contribution in [2.75, 3.05) is 33.8 Å². The van der Waals surface area contributed by atoms with Crippen LogP contribution in [0.25, 0.3) is 6.08 Å². The molecule has 0 saturated carbocycles. The van der Waals surface area contributed by atoms with E-state index in [0.717, 1.165) is 36.6 Å². The zero-order valence-electron chi connectivity index (χ0n) is 12.3. The number of benzene rings is 1. The Kier molecular flexibility index (Phi) is 5.44. The van der Waals surface area contributed by atoms with Gasteiger partial charge in [-0.05, 0) is 32.5 Å². The van der Waals surface area contributed by atoms with E-state index in [1.807, 2.05) is 30.4 Å². The van der Waals surface area contributed by atoms with Crippen LogP contribution in [0, 0.1) is 0 Å². The van der Waals surface area contributed by atoms with Gasteiger partial charge < -0.3 is 20.1 Å². The number of nitrogens with zero attached hydrogens (tertiary/aromatic N) is 1. The van der Waals surface area contributed by atoms with Crippen molar-refractivity contribution >= 4 is 6.08 Å². The van der Waals surface area contributed by atoms with Gasteiger partial charge in [0, 0.05) is 18.7 Å². The van der Waals surface area contributed by atoms with Crippen molar-refractivity contribution in [2.45, 2.75) is 18.9 Å². The first-order valence-corrected chi connectivity index (χ1v) is 7.13. The zero-order chi connectivity index (χ0) is 14.4. The number of hydrogen-bond donors (Lipinski definition) is 1. The van der Waals surface area contributed by atoms with E-state index >= 15 is 0 Å². The summed E-state index contributed by atoms with van der Waals surface area (Å²) in [7, 11) is 3.81. The maximum Gasteiger partial charge on any atom is 0.167 e. The molecule has 0 aliphatic carbocycles. The monoisotopic (exact) mass is 276 g/mol. The third kappa shape index (κ3) is 3.74. The van der Waals surface area contributed by atoms with Crippen molar-refractivity contribution in [3.05, 3.63) is 29.8 Å². The highest BCUT2D eigenvalue weighted by atomic mass is 16.5. The number of rotatable bonds is 5. The fourth-order valence-electron chi connectivity index (χ4n) is 2.57. The van der Waals surface area contributed by atoms with E-state index in [-0.39, 0.29) is 6.10 Å². The molecule has 1 aliphatic heterocycles. The molecule has 0 amide bonds. The highest BCUT2D eigenvalue weighted by Gasteiger charge is 2.20. The van der Waals surface area contributed by atoms with Crippen molar-refractivity contribution in [3.63, 3.8) is 0 Å². The van der Waals surface area contributed by atoms with Gasteiger partial charge >= 0.3 is 0 Å². The van der Waals surface area contributed by atoms with Crippen LogP contribution in [-0.4, -0.2) is 44.8 Å². The second-order valence-electron chi connectivity index (χ2n) is 5.16. The number of hydrogen-bond acceptors (Lipinski definition) is 4. The molecule has 1 aromatic rings. The molecular weight excluding hydrogens is 252 g/mol. The van der Waals surface area contributed by atoms with E-state index in [1.54, 1.807) is 7.11 Å². The Morgan fingerprint density at radius 1 is 1.45 bits per heavy atom. The molecule has 20 heavy (non-hydrogen) atoms. The third-order valence-corrected chi connectivity index (χ3v) is 3.52. The van der Waals surface area contributed by atoms with E-state index in [0.29, 0.717) is 6.54 Å². The van der Waals surface area contributed by atoms with Gasteiger partial charge in [-0.2, -0.15) is 0 Å². The lowest BCUT2D eigenvalue weighted by Crippen LogP contribution is -2.38. The number of nitrogens with two attached hydrogens (primary N) is 1. The van der Waals surface area contributed by atoms with Crippen LogP contribution < -0.4 is 15.2 Å². The van der Waals surface area contributed by atoms with Gasteiger partial charge in [0.2, 0.25) is 0 Å². The van der Waals surface area contributed by atoms with Crippen molar-refractivity contribution in [1.82, 2.24) is 4.90 Å². The van der Waals surface area contributed by atoms with Gasteiger partial charge in [0.25, 0.3) is 0 Å². The van der Waals surface area contributed by atoms with E-state index in [1.165, 1.54) is 6.42 Å². The number of piperidine rings is 1. The molecular formula is C16H24N2O2. The molecule has 4 nitrogen and oxygen atoms in total.